The maximum Gasteiger partial charge on any atom is 0.159 e. The normalized spacial score (nSPS) is 13.5. The summed E-state index contributed by atoms with van der Waals surface area (Å²) < 4.78 is 18.0. The number of hydrazine groups is 1. The lowest BCUT2D eigenvalue weighted by Gasteiger charge is -2.24. The SMILES string of the molecule is Cc1cc(-c2cccc(-c3ccc4oc5c(-n6c7cccnc7c7ncccc76)cccc5c4c3)n2)cc2c1oc1c(-n3c4c(c5c3C=CNN5C)NCC=C4)cccc12. The minimum Gasteiger partial charge on any atom is -0.454 e. The number of benzene rings is 4. The van der Waals surface area contributed by atoms with Crippen molar-refractivity contribution in [1.82, 2.24) is 29.5 Å². The molecule has 4 aromatic carbocycles. The van der Waals surface area contributed by atoms with E-state index in [0.717, 1.165) is 135 Å². The van der Waals surface area contributed by atoms with E-state index in [1.807, 2.05) is 37.8 Å². The second-order valence-corrected chi connectivity index (χ2v) is 15.5. The number of pyridine rings is 3. The average Bonchev–Trinajstić information content (AvgIpc) is 4.05. The number of nitrogens with zero attached hydrogens (tertiary/aromatic N) is 6. The molecule has 0 radical (unpaired) electrons. The fraction of sp³-hybridized carbons (Fsp3) is 0.0600. The number of para-hydroxylation sites is 2. The van der Waals surface area contributed by atoms with Crippen LogP contribution in [0, 0.1) is 6.92 Å². The molecule has 0 saturated carbocycles. The summed E-state index contributed by atoms with van der Waals surface area (Å²) in [6, 6.07) is 37.8. The van der Waals surface area contributed by atoms with Crippen LogP contribution >= 0.6 is 0 Å². The predicted octanol–water partition coefficient (Wildman–Crippen LogP) is 11.6. The average molecular weight is 779 g/mol. The van der Waals surface area contributed by atoms with Gasteiger partial charge in [-0.1, -0.05) is 36.4 Å². The first-order chi connectivity index (χ1) is 29.6. The van der Waals surface area contributed by atoms with Crippen LogP contribution in [0.3, 0.4) is 0 Å². The predicted molar refractivity (Wildman–Crippen MR) is 242 cm³/mol. The highest BCUT2D eigenvalue weighted by molar-refractivity contribution is 6.12. The summed E-state index contributed by atoms with van der Waals surface area (Å²) in [7, 11) is 2.04. The van der Waals surface area contributed by atoms with Crippen molar-refractivity contribution in [3.8, 4) is 33.9 Å². The molecule has 286 valence electrons. The molecule has 0 bridgehead atoms. The molecule has 0 saturated heterocycles. The van der Waals surface area contributed by atoms with Crippen molar-refractivity contribution in [3.05, 3.63) is 151 Å². The van der Waals surface area contributed by atoms with Crippen LogP contribution in [0.2, 0.25) is 0 Å². The van der Waals surface area contributed by atoms with E-state index in [2.05, 4.69) is 157 Å². The molecule has 0 amide bonds. The van der Waals surface area contributed by atoms with Crippen LogP contribution in [-0.2, 0) is 0 Å². The fourth-order valence-corrected chi connectivity index (χ4v) is 9.47. The maximum atomic E-state index is 6.82. The van der Waals surface area contributed by atoms with E-state index in [-0.39, 0.29) is 0 Å². The van der Waals surface area contributed by atoms with Crippen molar-refractivity contribution in [3.63, 3.8) is 0 Å². The lowest BCUT2D eigenvalue weighted by Crippen LogP contribution is -2.32. The van der Waals surface area contributed by atoms with Crippen molar-refractivity contribution < 1.29 is 8.83 Å². The Morgan fingerprint density at radius 1 is 0.617 bits per heavy atom. The molecular formula is C50H34N8O2. The van der Waals surface area contributed by atoms with Gasteiger partial charge in [-0.25, -0.2) is 4.98 Å². The Kier molecular flexibility index (Phi) is 6.69. The number of hydrogen-bond donors (Lipinski definition) is 2. The molecule has 0 atom stereocenters. The molecule has 0 aliphatic carbocycles. The zero-order valence-corrected chi connectivity index (χ0v) is 32.6. The minimum absolute atomic E-state index is 0.781. The van der Waals surface area contributed by atoms with Gasteiger partial charge in [0.15, 0.2) is 11.2 Å². The Morgan fingerprint density at radius 3 is 2.12 bits per heavy atom. The van der Waals surface area contributed by atoms with Crippen LogP contribution < -0.4 is 15.8 Å². The van der Waals surface area contributed by atoms with E-state index >= 15 is 0 Å². The molecule has 2 aliphatic rings. The maximum absolute atomic E-state index is 6.82. The summed E-state index contributed by atoms with van der Waals surface area (Å²) in [5.74, 6) is 0. The van der Waals surface area contributed by atoms with Gasteiger partial charge in [-0.05, 0) is 104 Å². The summed E-state index contributed by atoms with van der Waals surface area (Å²) in [6.07, 6.45) is 12.1. The number of nitrogens with one attached hydrogen (secondary N) is 2. The molecule has 0 spiro atoms. The number of furan rings is 2. The van der Waals surface area contributed by atoms with Crippen LogP contribution in [0.5, 0.6) is 0 Å². The molecule has 2 aliphatic heterocycles. The Morgan fingerprint density at radius 2 is 1.32 bits per heavy atom. The summed E-state index contributed by atoms with van der Waals surface area (Å²) in [6.45, 7) is 2.90. The first-order valence-corrected chi connectivity index (χ1v) is 20.0. The zero-order valence-electron chi connectivity index (χ0n) is 32.6. The third kappa shape index (κ3) is 4.55. The van der Waals surface area contributed by atoms with Gasteiger partial charge >= 0.3 is 0 Å². The summed E-state index contributed by atoms with van der Waals surface area (Å²) in [5.41, 5.74) is 21.5. The van der Waals surface area contributed by atoms with Gasteiger partial charge in [-0.15, -0.1) is 0 Å². The van der Waals surface area contributed by atoms with E-state index < -0.39 is 0 Å². The fourth-order valence-electron chi connectivity index (χ4n) is 9.47. The highest BCUT2D eigenvalue weighted by Gasteiger charge is 2.28. The monoisotopic (exact) mass is 778 g/mol. The van der Waals surface area contributed by atoms with Crippen molar-refractivity contribution in [1.29, 1.82) is 0 Å². The largest absolute Gasteiger partial charge is 0.454 e. The molecule has 60 heavy (non-hydrogen) atoms. The number of aryl methyl sites for hydroxylation is 1. The third-order valence-electron chi connectivity index (χ3n) is 12.1. The van der Waals surface area contributed by atoms with Gasteiger partial charge in [-0.2, -0.15) is 0 Å². The zero-order chi connectivity index (χ0) is 39.6. The van der Waals surface area contributed by atoms with Crippen LogP contribution in [0.1, 0.15) is 17.0 Å². The quantitative estimate of drug-likeness (QED) is 0.182. The summed E-state index contributed by atoms with van der Waals surface area (Å²) in [5, 5.41) is 9.84. The van der Waals surface area contributed by atoms with Crippen LogP contribution in [0.15, 0.2) is 143 Å². The van der Waals surface area contributed by atoms with E-state index in [1.165, 1.54) is 0 Å². The topological polar surface area (TPSA) is 102 Å². The Hall–Kier alpha value is -8.11. The van der Waals surface area contributed by atoms with Crippen molar-refractivity contribution in [2.75, 3.05) is 23.9 Å². The molecule has 9 heterocycles. The third-order valence-corrected chi connectivity index (χ3v) is 12.1. The Labute approximate surface area is 342 Å². The van der Waals surface area contributed by atoms with Crippen molar-refractivity contribution >= 4 is 89.5 Å². The molecule has 2 N–H and O–H groups in total. The first kappa shape index (κ1) is 32.9. The van der Waals surface area contributed by atoms with Gasteiger partial charge in [0, 0.05) is 64.9 Å². The van der Waals surface area contributed by atoms with Gasteiger partial charge in [0.05, 0.1) is 50.9 Å². The molecule has 7 aromatic heterocycles. The lowest BCUT2D eigenvalue weighted by molar-refractivity contribution is 0.662. The van der Waals surface area contributed by atoms with Gasteiger partial charge in [-0.3, -0.25) is 15.0 Å². The molecular weight excluding hydrogens is 745 g/mol. The number of anilines is 2. The van der Waals surface area contributed by atoms with Crippen LogP contribution in [0.4, 0.5) is 11.4 Å². The smallest absolute Gasteiger partial charge is 0.159 e. The second-order valence-electron chi connectivity index (χ2n) is 15.5. The first-order valence-electron chi connectivity index (χ1n) is 20.0. The number of rotatable bonds is 4. The molecule has 0 unspecified atom stereocenters. The summed E-state index contributed by atoms with van der Waals surface area (Å²) in [4.78, 5) is 14.6. The lowest BCUT2D eigenvalue weighted by atomic mass is 10.0. The number of aromatic nitrogens is 5. The van der Waals surface area contributed by atoms with Crippen LogP contribution in [-0.4, -0.2) is 37.7 Å². The molecule has 11 aromatic rings. The highest BCUT2D eigenvalue weighted by atomic mass is 16.3. The van der Waals surface area contributed by atoms with Gasteiger partial charge in [0.25, 0.3) is 0 Å². The van der Waals surface area contributed by atoms with E-state index in [4.69, 9.17) is 13.8 Å². The number of fused-ring (bicyclic) bond motifs is 12. The highest BCUT2D eigenvalue weighted by Crippen LogP contribution is 2.45. The molecule has 0 fully saturated rings. The van der Waals surface area contributed by atoms with Gasteiger partial charge in [0.1, 0.15) is 27.9 Å². The van der Waals surface area contributed by atoms with Gasteiger partial charge < -0.3 is 28.7 Å². The summed E-state index contributed by atoms with van der Waals surface area (Å²) >= 11 is 0. The van der Waals surface area contributed by atoms with E-state index in [9.17, 15) is 0 Å². The number of hydrogen-bond acceptors (Lipinski definition) is 8. The molecule has 10 heteroatoms. The molecule has 13 rings (SSSR count). The van der Waals surface area contributed by atoms with E-state index in [0.29, 0.717) is 0 Å². The molecule has 10 nitrogen and oxygen atoms in total. The Bertz CT molecular complexity index is 3640. The van der Waals surface area contributed by atoms with Crippen molar-refractivity contribution in [2.24, 2.45) is 0 Å². The Balaban J connectivity index is 0.919. The standard InChI is InChI=1S/C50H34N8O2/c1-28-25-30(27-34-32-10-4-14-42(50(32)60-48(28)34)58-39-17-8-23-53-46(39)47-40(58)20-24-54-56(47)2)36-12-5-11-35(55-36)29-18-19-43-33(26-29)31-9-3-13-41(49(31)59-43)57-37-15-6-21-51-44(37)45-38(57)16-7-22-52-45/h3-22,24-27,53-54H,23H2,1-2H3. The van der Waals surface area contributed by atoms with Crippen LogP contribution in [0.25, 0.3) is 112 Å². The minimum atomic E-state index is 0.781. The van der Waals surface area contributed by atoms with Crippen molar-refractivity contribution in [2.45, 2.75) is 6.92 Å². The van der Waals surface area contributed by atoms with E-state index in [1.54, 1.807) is 0 Å². The second kappa shape index (κ2) is 12.2. The van der Waals surface area contributed by atoms with Gasteiger partial charge in [0.2, 0.25) is 0 Å².